The Bertz CT molecular complexity index is 799. The molecule has 0 fully saturated rings. The maximum atomic E-state index is 12.4. The van der Waals surface area contributed by atoms with E-state index in [1.165, 1.54) is 0 Å². The lowest BCUT2D eigenvalue weighted by atomic mass is 10.2. The molecule has 3 rings (SSSR count). The molecule has 0 unspecified atom stereocenters. The Kier molecular flexibility index (Phi) is 4.47. The smallest absolute Gasteiger partial charge is 0.321 e. The van der Waals surface area contributed by atoms with Gasteiger partial charge < -0.3 is 10.2 Å². The summed E-state index contributed by atoms with van der Waals surface area (Å²) in [5, 5.41) is 3.94. The minimum absolute atomic E-state index is 0.141. The molecule has 0 spiro atoms. The molecule has 2 amide bonds. The summed E-state index contributed by atoms with van der Waals surface area (Å²) in [6.45, 7) is 0.633. The quantitative estimate of drug-likeness (QED) is 0.804. The number of urea groups is 1. The van der Waals surface area contributed by atoms with Crippen molar-refractivity contribution in [3.05, 3.63) is 66.6 Å². The van der Waals surface area contributed by atoms with Crippen LogP contribution in [-0.2, 0) is 6.42 Å². The number of anilines is 1. The van der Waals surface area contributed by atoms with Crippen molar-refractivity contribution in [2.24, 2.45) is 0 Å². The second kappa shape index (κ2) is 6.87. The first-order valence-electron chi connectivity index (χ1n) is 7.49. The Labute approximate surface area is 135 Å². The van der Waals surface area contributed by atoms with Crippen LogP contribution in [0.2, 0.25) is 0 Å². The number of amides is 2. The van der Waals surface area contributed by atoms with Crippen LogP contribution in [0.25, 0.3) is 10.9 Å². The van der Waals surface area contributed by atoms with Gasteiger partial charge in [0.2, 0.25) is 0 Å². The Morgan fingerprint density at radius 3 is 2.70 bits per heavy atom. The third-order valence-electron chi connectivity index (χ3n) is 3.71. The van der Waals surface area contributed by atoms with Crippen LogP contribution in [-0.4, -0.2) is 34.5 Å². The van der Waals surface area contributed by atoms with Gasteiger partial charge in [-0.05, 0) is 36.2 Å². The van der Waals surface area contributed by atoms with Gasteiger partial charge in [-0.1, -0.05) is 18.2 Å². The minimum atomic E-state index is -0.141. The van der Waals surface area contributed by atoms with Crippen molar-refractivity contribution in [2.45, 2.75) is 6.42 Å². The normalized spacial score (nSPS) is 10.5. The highest BCUT2D eigenvalue weighted by atomic mass is 16.2. The monoisotopic (exact) mass is 306 g/mol. The van der Waals surface area contributed by atoms with E-state index in [9.17, 15) is 4.79 Å². The zero-order valence-electron chi connectivity index (χ0n) is 12.9. The van der Waals surface area contributed by atoms with Gasteiger partial charge in [-0.25, -0.2) is 4.79 Å². The van der Waals surface area contributed by atoms with Gasteiger partial charge in [0.15, 0.2) is 0 Å². The maximum absolute atomic E-state index is 12.4. The number of fused-ring (bicyclic) bond motifs is 1. The number of carbonyl (C=O) groups is 1. The molecular formula is C18H18N4O. The van der Waals surface area contributed by atoms with Crippen LogP contribution in [0.15, 0.2) is 61.1 Å². The molecule has 0 saturated carbocycles. The third kappa shape index (κ3) is 3.63. The number of para-hydroxylation sites is 1. The van der Waals surface area contributed by atoms with E-state index in [1.54, 1.807) is 30.5 Å². The van der Waals surface area contributed by atoms with Gasteiger partial charge in [0.1, 0.15) is 0 Å². The molecule has 3 aromatic rings. The number of nitrogens with zero attached hydrogens (tertiary/aromatic N) is 3. The van der Waals surface area contributed by atoms with Gasteiger partial charge in [0.25, 0.3) is 0 Å². The van der Waals surface area contributed by atoms with Crippen molar-refractivity contribution >= 4 is 22.6 Å². The number of likely N-dealkylation sites (N-methyl/N-ethyl adjacent to an activating group) is 1. The average molecular weight is 306 g/mol. The molecule has 1 N–H and O–H groups in total. The lowest BCUT2D eigenvalue weighted by molar-refractivity contribution is 0.223. The molecular weight excluding hydrogens is 288 g/mol. The molecule has 1 aromatic carbocycles. The molecule has 116 valence electrons. The molecule has 2 aromatic heterocycles. The Morgan fingerprint density at radius 1 is 1.09 bits per heavy atom. The molecule has 0 saturated heterocycles. The summed E-state index contributed by atoms with van der Waals surface area (Å²) < 4.78 is 0. The van der Waals surface area contributed by atoms with E-state index in [0.717, 1.165) is 28.6 Å². The fraction of sp³-hybridized carbons (Fsp3) is 0.167. The molecule has 0 aliphatic rings. The van der Waals surface area contributed by atoms with Crippen LogP contribution in [0, 0.1) is 0 Å². The lowest BCUT2D eigenvalue weighted by Gasteiger charge is -2.18. The largest absolute Gasteiger partial charge is 0.327 e. The first kappa shape index (κ1) is 15.0. The topological polar surface area (TPSA) is 58.1 Å². The summed E-state index contributed by atoms with van der Waals surface area (Å²) in [4.78, 5) is 22.4. The maximum Gasteiger partial charge on any atom is 0.321 e. The number of nitrogens with one attached hydrogen (secondary N) is 1. The van der Waals surface area contributed by atoms with Gasteiger partial charge in [0, 0.05) is 37.6 Å². The molecule has 2 heterocycles. The van der Waals surface area contributed by atoms with Gasteiger partial charge in [-0.2, -0.15) is 0 Å². The van der Waals surface area contributed by atoms with Crippen LogP contribution in [0.4, 0.5) is 10.5 Å². The van der Waals surface area contributed by atoms with Crippen molar-refractivity contribution in [2.75, 3.05) is 18.9 Å². The van der Waals surface area contributed by atoms with Gasteiger partial charge in [-0.3, -0.25) is 9.97 Å². The highest BCUT2D eigenvalue weighted by molar-refractivity contribution is 5.99. The van der Waals surface area contributed by atoms with E-state index in [4.69, 9.17) is 0 Å². The van der Waals surface area contributed by atoms with Crippen molar-refractivity contribution in [1.29, 1.82) is 0 Å². The molecule has 5 nitrogen and oxygen atoms in total. The predicted octanol–water partition coefficient (Wildman–Crippen LogP) is 3.34. The molecule has 0 bridgehead atoms. The fourth-order valence-electron chi connectivity index (χ4n) is 2.36. The van der Waals surface area contributed by atoms with E-state index < -0.39 is 0 Å². The Hall–Kier alpha value is -2.95. The van der Waals surface area contributed by atoms with Crippen molar-refractivity contribution in [3.8, 4) is 0 Å². The van der Waals surface area contributed by atoms with E-state index in [-0.39, 0.29) is 6.03 Å². The second-order valence-corrected chi connectivity index (χ2v) is 5.34. The standard InChI is InChI=1S/C18H18N4O/c1-22(13-9-14-7-11-19-12-8-14)18(23)21-16-6-2-4-15-5-3-10-20-17(15)16/h2-8,10-12H,9,13H2,1H3,(H,21,23). The summed E-state index contributed by atoms with van der Waals surface area (Å²) in [5.41, 5.74) is 2.68. The number of benzene rings is 1. The predicted molar refractivity (Wildman–Crippen MR) is 91.3 cm³/mol. The highest BCUT2D eigenvalue weighted by Crippen LogP contribution is 2.20. The highest BCUT2D eigenvalue weighted by Gasteiger charge is 2.11. The summed E-state index contributed by atoms with van der Waals surface area (Å²) in [6, 6.07) is 13.4. The van der Waals surface area contributed by atoms with E-state index in [1.807, 2.05) is 42.5 Å². The summed E-state index contributed by atoms with van der Waals surface area (Å²) in [6.07, 6.45) is 6.04. The lowest BCUT2D eigenvalue weighted by Crippen LogP contribution is -2.33. The number of hydrogen-bond donors (Lipinski definition) is 1. The summed E-state index contributed by atoms with van der Waals surface area (Å²) in [7, 11) is 1.79. The average Bonchev–Trinajstić information content (AvgIpc) is 2.61. The third-order valence-corrected chi connectivity index (χ3v) is 3.71. The second-order valence-electron chi connectivity index (χ2n) is 5.34. The van der Waals surface area contributed by atoms with Crippen LogP contribution in [0.5, 0.6) is 0 Å². The van der Waals surface area contributed by atoms with Crippen LogP contribution in [0.3, 0.4) is 0 Å². The summed E-state index contributed by atoms with van der Waals surface area (Å²) in [5.74, 6) is 0. The van der Waals surface area contributed by atoms with Crippen molar-refractivity contribution < 1.29 is 4.79 Å². The first-order valence-corrected chi connectivity index (χ1v) is 7.49. The van der Waals surface area contributed by atoms with Gasteiger partial charge in [0.05, 0.1) is 11.2 Å². The fourth-order valence-corrected chi connectivity index (χ4v) is 2.36. The number of hydrogen-bond acceptors (Lipinski definition) is 3. The van der Waals surface area contributed by atoms with Crippen molar-refractivity contribution in [1.82, 2.24) is 14.9 Å². The van der Waals surface area contributed by atoms with Gasteiger partial charge >= 0.3 is 6.03 Å². The van der Waals surface area contributed by atoms with Crippen LogP contribution >= 0.6 is 0 Å². The SMILES string of the molecule is CN(CCc1ccncc1)C(=O)Nc1cccc2cccnc12. The number of aromatic nitrogens is 2. The summed E-state index contributed by atoms with van der Waals surface area (Å²) >= 11 is 0. The number of pyridine rings is 2. The van der Waals surface area contributed by atoms with Crippen LogP contribution < -0.4 is 5.32 Å². The van der Waals surface area contributed by atoms with Crippen LogP contribution in [0.1, 0.15) is 5.56 Å². The molecule has 0 radical (unpaired) electrons. The minimum Gasteiger partial charge on any atom is -0.327 e. The Balaban J connectivity index is 1.66. The Morgan fingerprint density at radius 2 is 1.87 bits per heavy atom. The zero-order chi connectivity index (χ0) is 16.1. The van der Waals surface area contributed by atoms with Gasteiger partial charge in [-0.15, -0.1) is 0 Å². The van der Waals surface area contributed by atoms with E-state index in [0.29, 0.717) is 6.54 Å². The molecule has 0 aliphatic carbocycles. The van der Waals surface area contributed by atoms with E-state index >= 15 is 0 Å². The van der Waals surface area contributed by atoms with E-state index in [2.05, 4.69) is 15.3 Å². The first-order chi connectivity index (χ1) is 11.2. The molecule has 5 heteroatoms. The molecule has 23 heavy (non-hydrogen) atoms. The number of carbonyl (C=O) groups excluding carboxylic acids is 1. The number of rotatable bonds is 4. The molecule has 0 aliphatic heterocycles. The molecule has 0 atom stereocenters. The van der Waals surface area contributed by atoms with Crippen molar-refractivity contribution in [3.63, 3.8) is 0 Å². The zero-order valence-corrected chi connectivity index (χ0v) is 12.9.